The van der Waals surface area contributed by atoms with Crippen molar-refractivity contribution in [2.45, 2.75) is 84.8 Å². The van der Waals surface area contributed by atoms with Gasteiger partial charge in [0.15, 0.2) is 0 Å². The van der Waals surface area contributed by atoms with E-state index in [-0.39, 0.29) is 42.4 Å². The number of benzene rings is 2. The summed E-state index contributed by atoms with van der Waals surface area (Å²) in [7, 11) is 1.61. The Balaban J connectivity index is 1.90. The molecule has 0 spiro atoms. The minimum absolute atomic E-state index is 0.0775. The highest BCUT2D eigenvalue weighted by molar-refractivity contribution is 7.09. The third-order valence-corrected chi connectivity index (χ3v) is 8.68. The summed E-state index contributed by atoms with van der Waals surface area (Å²) < 4.78 is 0. The van der Waals surface area contributed by atoms with Crippen LogP contribution in [0.1, 0.15) is 76.1 Å². The Morgan fingerprint density at radius 2 is 1.50 bits per heavy atom. The molecule has 236 valence electrons. The summed E-state index contributed by atoms with van der Waals surface area (Å²) >= 11 is 1.47. The Hall–Kier alpha value is -3.85. The number of nitrogens with one attached hydrogen (secondary N) is 2. The Bertz CT molecular complexity index is 1360. The summed E-state index contributed by atoms with van der Waals surface area (Å²) in [4.78, 5) is 60.2. The SMILES string of the molecule is CCCC(=O)C(C)(C)C(=O)NC(CC(C)C)C(=O)N(C)C(Cc1ccccc1)C(=O)N[C@@H](Cc1ccccc1)c1nccs1. The molecule has 2 aromatic carbocycles. The van der Waals surface area contributed by atoms with E-state index in [2.05, 4.69) is 15.6 Å². The molecule has 3 atom stereocenters. The highest BCUT2D eigenvalue weighted by atomic mass is 32.1. The van der Waals surface area contributed by atoms with Crippen LogP contribution in [0.15, 0.2) is 72.2 Å². The zero-order valence-electron chi connectivity index (χ0n) is 26.7. The first-order valence-corrected chi connectivity index (χ1v) is 16.2. The maximum Gasteiger partial charge on any atom is 0.245 e. The Morgan fingerprint density at radius 1 is 0.909 bits per heavy atom. The number of hydrogen-bond acceptors (Lipinski definition) is 6. The molecule has 0 fully saturated rings. The van der Waals surface area contributed by atoms with Gasteiger partial charge >= 0.3 is 0 Å². The van der Waals surface area contributed by atoms with Crippen LogP contribution in [0, 0.1) is 11.3 Å². The van der Waals surface area contributed by atoms with Crippen molar-refractivity contribution >= 4 is 34.8 Å². The molecule has 1 heterocycles. The first-order chi connectivity index (χ1) is 20.9. The monoisotopic (exact) mass is 618 g/mol. The van der Waals surface area contributed by atoms with Gasteiger partial charge in [-0.25, -0.2) is 4.98 Å². The van der Waals surface area contributed by atoms with Gasteiger partial charge < -0.3 is 15.5 Å². The van der Waals surface area contributed by atoms with Crippen molar-refractivity contribution in [3.63, 3.8) is 0 Å². The highest BCUT2D eigenvalue weighted by Crippen LogP contribution is 2.24. The summed E-state index contributed by atoms with van der Waals surface area (Å²) in [6, 6.07) is 17.3. The van der Waals surface area contributed by atoms with Crippen LogP contribution >= 0.6 is 11.3 Å². The fraction of sp³-hybridized carbons (Fsp3) is 0.457. The van der Waals surface area contributed by atoms with Crippen molar-refractivity contribution in [3.05, 3.63) is 88.4 Å². The number of carbonyl (C=O) groups excluding carboxylic acids is 4. The van der Waals surface area contributed by atoms with Crippen molar-refractivity contribution in [1.29, 1.82) is 0 Å². The number of amides is 3. The standard InChI is InChI=1S/C35H46N4O4S/c1-7-14-30(40)35(4,5)34(43)38-28(21-24(2)3)33(42)39(6)29(23-26-17-12-9-13-18-26)31(41)37-27(32-36-19-20-44-32)22-25-15-10-8-11-16-25/h8-13,15-20,24,27-29H,7,14,21-23H2,1-6H3,(H,37,41)(H,38,43)/t27-,28?,29?/m0/s1. The van der Waals surface area contributed by atoms with Crippen molar-refractivity contribution in [2.24, 2.45) is 11.3 Å². The molecule has 3 amide bonds. The minimum atomic E-state index is -1.27. The molecule has 0 radical (unpaired) electrons. The number of likely N-dealkylation sites (N-methyl/N-ethyl adjacent to an activating group) is 1. The van der Waals surface area contributed by atoms with E-state index in [0.29, 0.717) is 19.3 Å². The number of aromatic nitrogens is 1. The summed E-state index contributed by atoms with van der Waals surface area (Å²) in [5.74, 6) is -1.27. The number of nitrogens with zero attached hydrogens (tertiary/aromatic N) is 2. The van der Waals surface area contributed by atoms with Gasteiger partial charge in [-0.1, -0.05) is 81.4 Å². The summed E-state index contributed by atoms with van der Waals surface area (Å²) in [5.41, 5.74) is 0.678. The maximum absolute atomic E-state index is 14.1. The van der Waals surface area contributed by atoms with Gasteiger partial charge in [-0.05, 0) is 50.2 Å². The van der Waals surface area contributed by atoms with E-state index in [9.17, 15) is 19.2 Å². The molecule has 44 heavy (non-hydrogen) atoms. The average molecular weight is 619 g/mol. The second-order valence-corrected chi connectivity index (χ2v) is 13.2. The topological polar surface area (TPSA) is 108 Å². The van der Waals surface area contributed by atoms with E-state index in [1.165, 1.54) is 16.2 Å². The van der Waals surface area contributed by atoms with E-state index in [4.69, 9.17) is 0 Å². The number of hydrogen-bond donors (Lipinski definition) is 2. The number of Topliss-reactive ketones (excluding diaryl/α,β-unsaturated/α-hetero) is 1. The molecule has 2 unspecified atom stereocenters. The number of ketones is 1. The van der Waals surface area contributed by atoms with Crippen molar-refractivity contribution in [2.75, 3.05) is 7.05 Å². The summed E-state index contributed by atoms with van der Waals surface area (Å²) in [6.45, 7) is 9.02. The fourth-order valence-electron chi connectivity index (χ4n) is 5.06. The van der Waals surface area contributed by atoms with E-state index >= 15 is 0 Å². The molecule has 0 aliphatic rings. The third-order valence-electron chi connectivity index (χ3n) is 7.79. The normalized spacial score (nSPS) is 13.5. The Labute approximate surface area is 265 Å². The first-order valence-electron chi connectivity index (χ1n) is 15.3. The number of carbonyl (C=O) groups is 4. The van der Waals surface area contributed by atoms with E-state index in [0.717, 1.165) is 16.1 Å². The van der Waals surface area contributed by atoms with Gasteiger partial charge in [-0.3, -0.25) is 19.2 Å². The van der Waals surface area contributed by atoms with Gasteiger partial charge in [0.05, 0.1) is 6.04 Å². The molecule has 3 rings (SSSR count). The maximum atomic E-state index is 14.1. The van der Waals surface area contributed by atoms with E-state index in [1.807, 2.05) is 86.8 Å². The molecule has 0 bridgehead atoms. The van der Waals surface area contributed by atoms with Gasteiger partial charge in [0.25, 0.3) is 0 Å². The molecule has 0 aliphatic carbocycles. The quantitative estimate of drug-likeness (QED) is 0.205. The Morgan fingerprint density at radius 3 is 2.02 bits per heavy atom. The van der Waals surface area contributed by atoms with Crippen LogP contribution in [0.3, 0.4) is 0 Å². The summed E-state index contributed by atoms with van der Waals surface area (Å²) in [6.07, 6.45) is 3.83. The second-order valence-electron chi connectivity index (χ2n) is 12.2. The van der Waals surface area contributed by atoms with Crippen LogP contribution in [0.5, 0.6) is 0 Å². The molecule has 0 aliphatic heterocycles. The summed E-state index contributed by atoms with van der Waals surface area (Å²) in [5, 5.41) is 8.71. The minimum Gasteiger partial charge on any atom is -0.345 e. The smallest absolute Gasteiger partial charge is 0.245 e. The fourth-order valence-corrected chi connectivity index (χ4v) is 5.75. The first kappa shape index (κ1) is 34.6. The lowest BCUT2D eigenvalue weighted by Gasteiger charge is -2.33. The van der Waals surface area contributed by atoms with Crippen LogP contribution in [0.25, 0.3) is 0 Å². The molecule has 9 heteroatoms. The zero-order chi connectivity index (χ0) is 32.3. The second kappa shape index (κ2) is 16.3. The Kier molecular flexibility index (Phi) is 12.8. The largest absolute Gasteiger partial charge is 0.345 e. The van der Waals surface area contributed by atoms with Gasteiger partial charge in [-0.15, -0.1) is 11.3 Å². The van der Waals surface area contributed by atoms with Crippen LogP contribution in [0.4, 0.5) is 0 Å². The average Bonchev–Trinajstić information content (AvgIpc) is 3.54. The molecule has 2 N–H and O–H groups in total. The van der Waals surface area contributed by atoms with Gasteiger partial charge in [0.2, 0.25) is 17.7 Å². The van der Waals surface area contributed by atoms with Gasteiger partial charge in [0.1, 0.15) is 28.3 Å². The van der Waals surface area contributed by atoms with Gasteiger partial charge in [-0.2, -0.15) is 0 Å². The van der Waals surface area contributed by atoms with E-state index in [1.54, 1.807) is 27.1 Å². The lowest BCUT2D eigenvalue weighted by molar-refractivity contribution is -0.146. The van der Waals surface area contributed by atoms with E-state index < -0.39 is 23.4 Å². The van der Waals surface area contributed by atoms with Crippen LogP contribution < -0.4 is 10.6 Å². The lowest BCUT2D eigenvalue weighted by Crippen LogP contribution is -2.57. The van der Waals surface area contributed by atoms with Crippen molar-refractivity contribution in [1.82, 2.24) is 20.5 Å². The molecule has 0 saturated heterocycles. The van der Waals surface area contributed by atoms with Crippen LogP contribution in [-0.2, 0) is 32.0 Å². The lowest BCUT2D eigenvalue weighted by atomic mass is 9.84. The predicted molar refractivity (Wildman–Crippen MR) is 175 cm³/mol. The molecule has 8 nitrogen and oxygen atoms in total. The number of thiazole rings is 1. The predicted octanol–water partition coefficient (Wildman–Crippen LogP) is 5.54. The molecular weight excluding hydrogens is 572 g/mol. The van der Waals surface area contributed by atoms with Crippen LogP contribution in [0.2, 0.25) is 0 Å². The van der Waals surface area contributed by atoms with Crippen LogP contribution in [-0.4, -0.2) is 52.5 Å². The zero-order valence-corrected chi connectivity index (χ0v) is 27.5. The molecular formula is C35H46N4O4S. The number of rotatable bonds is 16. The molecule has 3 aromatic rings. The molecule has 0 saturated carbocycles. The van der Waals surface area contributed by atoms with Crippen molar-refractivity contribution < 1.29 is 19.2 Å². The molecule has 1 aromatic heterocycles. The highest BCUT2D eigenvalue weighted by Gasteiger charge is 2.39. The van der Waals surface area contributed by atoms with Crippen molar-refractivity contribution in [3.8, 4) is 0 Å². The third kappa shape index (κ3) is 9.58. The van der Waals surface area contributed by atoms with Gasteiger partial charge in [0, 0.05) is 31.5 Å².